The first-order valence-corrected chi connectivity index (χ1v) is 8.60. The lowest BCUT2D eigenvalue weighted by Crippen LogP contribution is -2.09. The van der Waals surface area contributed by atoms with Crippen LogP contribution in [-0.4, -0.2) is 19.5 Å². The maximum Gasteiger partial charge on any atom is 0.220 e. The van der Waals surface area contributed by atoms with Crippen molar-refractivity contribution in [1.82, 2.24) is 19.5 Å². The molecule has 1 aliphatic rings. The largest absolute Gasteiger partial charge is 0.368 e. The smallest absolute Gasteiger partial charge is 0.220 e. The van der Waals surface area contributed by atoms with Crippen molar-refractivity contribution in [3.8, 4) is 22.6 Å². The topological polar surface area (TPSA) is 69.6 Å². The van der Waals surface area contributed by atoms with E-state index in [9.17, 15) is 4.39 Å². The molecule has 2 aromatic heterocycles. The van der Waals surface area contributed by atoms with Crippen molar-refractivity contribution >= 4 is 5.95 Å². The predicted octanol–water partition coefficient (Wildman–Crippen LogP) is 3.92. The van der Waals surface area contributed by atoms with Crippen LogP contribution in [0, 0.1) is 11.7 Å². The average molecular weight is 337 g/mol. The number of aromatic nitrogens is 4. The standard InChI is InChI=1S/C19H20FN5/c20-15-7-5-14(6-8-15)17-18(16-9-10-22-19(21)24-16)25(12-23-17)11-13-3-1-2-4-13/h5-10,12-13H,1-4,11H2,(H2,21,22,24). The SMILES string of the molecule is Nc1nccc(-c2c(-c3ccc(F)cc3)ncn2CC2CCCC2)n1. The van der Waals surface area contributed by atoms with Gasteiger partial charge < -0.3 is 10.3 Å². The van der Waals surface area contributed by atoms with E-state index in [1.165, 1.54) is 37.8 Å². The van der Waals surface area contributed by atoms with Gasteiger partial charge in [-0.3, -0.25) is 0 Å². The molecule has 1 aliphatic carbocycles. The summed E-state index contributed by atoms with van der Waals surface area (Å²) in [7, 11) is 0. The molecule has 128 valence electrons. The molecule has 1 aromatic carbocycles. The maximum atomic E-state index is 13.3. The summed E-state index contributed by atoms with van der Waals surface area (Å²) in [4.78, 5) is 13.0. The second-order valence-corrected chi connectivity index (χ2v) is 6.55. The lowest BCUT2D eigenvalue weighted by atomic mass is 10.1. The number of rotatable bonds is 4. The number of hydrogen-bond donors (Lipinski definition) is 1. The van der Waals surface area contributed by atoms with Crippen molar-refractivity contribution in [2.75, 3.05) is 5.73 Å². The summed E-state index contributed by atoms with van der Waals surface area (Å²) in [6, 6.07) is 8.22. The number of nitrogens with zero attached hydrogens (tertiary/aromatic N) is 4. The molecule has 3 aromatic rings. The van der Waals surface area contributed by atoms with Crippen molar-refractivity contribution in [2.45, 2.75) is 32.2 Å². The first kappa shape index (κ1) is 15.7. The zero-order valence-corrected chi connectivity index (χ0v) is 13.9. The summed E-state index contributed by atoms with van der Waals surface area (Å²) in [5.74, 6) is 0.631. The maximum absolute atomic E-state index is 13.3. The fraction of sp³-hybridized carbons (Fsp3) is 0.316. The van der Waals surface area contributed by atoms with E-state index in [4.69, 9.17) is 5.73 Å². The molecule has 5 nitrogen and oxygen atoms in total. The minimum Gasteiger partial charge on any atom is -0.368 e. The third kappa shape index (κ3) is 3.24. The van der Waals surface area contributed by atoms with Crippen LogP contribution in [-0.2, 0) is 6.54 Å². The van der Waals surface area contributed by atoms with Gasteiger partial charge >= 0.3 is 0 Å². The fourth-order valence-corrected chi connectivity index (χ4v) is 3.58. The molecule has 0 radical (unpaired) electrons. The lowest BCUT2D eigenvalue weighted by Gasteiger charge is -2.14. The number of halogens is 1. The van der Waals surface area contributed by atoms with Crippen LogP contribution >= 0.6 is 0 Å². The number of nitrogen functional groups attached to an aromatic ring is 1. The molecule has 1 fully saturated rings. The average Bonchev–Trinajstić information content (AvgIpc) is 3.26. The highest BCUT2D eigenvalue weighted by Crippen LogP contribution is 2.33. The molecule has 2 N–H and O–H groups in total. The molecular weight excluding hydrogens is 317 g/mol. The van der Waals surface area contributed by atoms with Crippen LogP contribution in [0.15, 0.2) is 42.9 Å². The van der Waals surface area contributed by atoms with Gasteiger partial charge in [0.25, 0.3) is 0 Å². The Morgan fingerprint density at radius 3 is 2.56 bits per heavy atom. The number of nitrogens with two attached hydrogens (primary N) is 1. The number of benzene rings is 1. The molecule has 6 heteroatoms. The second-order valence-electron chi connectivity index (χ2n) is 6.55. The van der Waals surface area contributed by atoms with E-state index in [1.807, 2.05) is 12.4 Å². The molecule has 4 rings (SSSR count). The van der Waals surface area contributed by atoms with Gasteiger partial charge in [0.05, 0.1) is 23.4 Å². The first-order valence-electron chi connectivity index (χ1n) is 8.60. The monoisotopic (exact) mass is 337 g/mol. The summed E-state index contributed by atoms with van der Waals surface area (Å²) in [5, 5.41) is 0. The van der Waals surface area contributed by atoms with E-state index in [0.29, 0.717) is 5.92 Å². The number of hydrogen-bond acceptors (Lipinski definition) is 4. The van der Waals surface area contributed by atoms with Crippen LogP contribution in [0.1, 0.15) is 25.7 Å². The molecule has 0 bridgehead atoms. The van der Waals surface area contributed by atoms with Crippen LogP contribution in [0.25, 0.3) is 22.6 Å². The van der Waals surface area contributed by atoms with Crippen LogP contribution < -0.4 is 5.73 Å². The third-order valence-electron chi connectivity index (χ3n) is 4.80. The Morgan fingerprint density at radius 2 is 1.84 bits per heavy atom. The summed E-state index contributed by atoms with van der Waals surface area (Å²) >= 11 is 0. The minimum absolute atomic E-state index is 0.233. The highest BCUT2D eigenvalue weighted by atomic mass is 19.1. The van der Waals surface area contributed by atoms with Crippen LogP contribution in [0.3, 0.4) is 0 Å². The quantitative estimate of drug-likeness (QED) is 0.783. The zero-order chi connectivity index (χ0) is 17.2. The number of anilines is 1. The van der Waals surface area contributed by atoms with E-state index in [2.05, 4.69) is 19.5 Å². The van der Waals surface area contributed by atoms with Crippen LogP contribution in [0.5, 0.6) is 0 Å². The summed E-state index contributed by atoms with van der Waals surface area (Å²) in [6.07, 6.45) is 8.58. The summed E-state index contributed by atoms with van der Waals surface area (Å²) < 4.78 is 15.4. The van der Waals surface area contributed by atoms with Gasteiger partial charge in [0.2, 0.25) is 5.95 Å². The Morgan fingerprint density at radius 1 is 1.08 bits per heavy atom. The summed E-state index contributed by atoms with van der Waals surface area (Å²) in [5.41, 5.74) is 9.08. The van der Waals surface area contributed by atoms with Gasteiger partial charge in [-0.05, 0) is 49.1 Å². The molecule has 25 heavy (non-hydrogen) atoms. The van der Waals surface area contributed by atoms with Gasteiger partial charge in [-0.25, -0.2) is 19.3 Å². The molecule has 0 amide bonds. The van der Waals surface area contributed by atoms with Gasteiger partial charge in [0, 0.05) is 18.3 Å². The molecule has 0 unspecified atom stereocenters. The lowest BCUT2D eigenvalue weighted by molar-refractivity contribution is 0.459. The van der Waals surface area contributed by atoms with Gasteiger partial charge in [0.1, 0.15) is 5.82 Å². The van der Waals surface area contributed by atoms with Crippen molar-refractivity contribution in [3.05, 3.63) is 48.7 Å². The normalized spacial score (nSPS) is 14.9. The number of imidazole rings is 1. The third-order valence-corrected chi connectivity index (χ3v) is 4.80. The molecule has 0 aliphatic heterocycles. The van der Waals surface area contributed by atoms with Crippen molar-refractivity contribution < 1.29 is 4.39 Å². The highest BCUT2D eigenvalue weighted by Gasteiger charge is 2.21. The molecule has 0 atom stereocenters. The Labute approximate surface area is 145 Å². The molecular formula is C19H20FN5. The van der Waals surface area contributed by atoms with Gasteiger partial charge in [-0.2, -0.15) is 0 Å². The first-order chi connectivity index (χ1) is 12.2. The van der Waals surface area contributed by atoms with E-state index in [-0.39, 0.29) is 11.8 Å². The van der Waals surface area contributed by atoms with Gasteiger partial charge in [-0.1, -0.05) is 12.8 Å². The van der Waals surface area contributed by atoms with Crippen molar-refractivity contribution in [3.63, 3.8) is 0 Å². The van der Waals surface area contributed by atoms with E-state index in [0.717, 1.165) is 29.2 Å². The Hall–Kier alpha value is -2.76. The highest BCUT2D eigenvalue weighted by molar-refractivity contribution is 5.77. The second kappa shape index (κ2) is 6.63. The molecule has 0 saturated heterocycles. The molecule has 2 heterocycles. The predicted molar refractivity (Wildman–Crippen MR) is 95.0 cm³/mol. The molecule has 1 saturated carbocycles. The fourth-order valence-electron chi connectivity index (χ4n) is 3.58. The van der Waals surface area contributed by atoms with Gasteiger partial charge in [0.15, 0.2) is 0 Å². The Balaban J connectivity index is 1.80. The Kier molecular flexibility index (Phi) is 4.17. The zero-order valence-electron chi connectivity index (χ0n) is 13.9. The van der Waals surface area contributed by atoms with E-state index in [1.54, 1.807) is 18.3 Å². The minimum atomic E-state index is -0.262. The van der Waals surface area contributed by atoms with Crippen molar-refractivity contribution in [1.29, 1.82) is 0 Å². The Bertz CT molecular complexity index is 866. The van der Waals surface area contributed by atoms with E-state index < -0.39 is 0 Å². The van der Waals surface area contributed by atoms with E-state index >= 15 is 0 Å². The molecule has 0 spiro atoms. The van der Waals surface area contributed by atoms with Gasteiger partial charge in [-0.15, -0.1) is 0 Å². The van der Waals surface area contributed by atoms with Crippen molar-refractivity contribution in [2.24, 2.45) is 5.92 Å². The summed E-state index contributed by atoms with van der Waals surface area (Å²) in [6.45, 7) is 0.910. The van der Waals surface area contributed by atoms with Crippen LogP contribution in [0.4, 0.5) is 10.3 Å². The van der Waals surface area contributed by atoms with Crippen LogP contribution in [0.2, 0.25) is 0 Å².